The molecule has 0 aromatic carbocycles. The first kappa shape index (κ1) is 9.13. The third-order valence-electron chi connectivity index (χ3n) is 3.01. The minimum Gasteiger partial charge on any atom is -0.307 e. The molecule has 72 valence electrons. The number of piperidine rings is 1. The van der Waals surface area contributed by atoms with E-state index in [4.69, 9.17) is 0 Å². The smallest absolute Gasteiger partial charge is 0.282 e. The Bertz CT molecular complexity index is 249. The fourth-order valence-corrected chi connectivity index (χ4v) is 2.60. The van der Waals surface area contributed by atoms with Gasteiger partial charge in [-0.3, -0.25) is 4.79 Å². The molecule has 1 amide bonds. The third-order valence-corrected chi connectivity index (χ3v) is 3.25. The lowest BCUT2D eigenvalue weighted by Crippen LogP contribution is -2.36. The molecular weight excluding hydrogens is 182 g/mol. The molecule has 1 aliphatic carbocycles. The van der Waals surface area contributed by atoms with E-state index < -0.39 is 0 Å². The standard InChI is InChI=1S/C10H15NOS/c12-10(13)11-7-3-5-8-4-1-2-6-9(8)11/h6,8H,1-5,7H2,(H,12,13). The number of thiol groups is 1. The predicted molar refractivity (Wildman–Crippen MR) is 55.7 cm³/mol. The Morgan fingerprint density at radius 3 is 3.00 bits per heavy atom. The molecule has 2 aliphatic rings. The predicted octanol–water partition coefficient (Wildman–Crippen LogP) is 2.82. The van der Waals surface area contributed by atoms with Gasteiger partial charge in [0.25, 0.3) is 5.24 Å². The van der Waals surface area contributed by atoms with Crippen LogP contribution < -0.4 is 0 Å². The van der Waals surface area contributed by atoms with Crippen molar-refractivity contribution < 1.29 is 4.79 Å². The van der Waals surface area contributed by atoms with Crippen LogP contribution in [0.25, 0.3) is 0 Å². The summed E-state index contributed by atoms with van der Waals surface area (Å²) in [5.41, 5.74) is 1.25. The second-order valence-corrected chi connectivity index (χ2v) is 4.22. The summed E-state index contributed by atoms with van der Waals surface area (Å²) in [4.78, 5) is 13.0. The van der Waals surface area contributed by atoms with Gasteiger partial charge in [0.1, 0.15) is 0 Å². The highest BCUT2D eigenvalue weighted by atomic mass is 32.1. The van der Waals surface area contributed by atoms with Crippen LogP contribution in [0.15, 0.2) is 11.8 Å². The Morgan fingerprint density at radius 2 is 2.23 bits per heavy atom. The van der Waals surface area contributed by atoms with Crippen molar-refractivity contribution >= 4 is 17.9 Å². The molecular formula is C10H15NOS. The van der Waals surface area contributed by atoms with E-state index in [0.717, 1.165) is 19.4 Å². The molecule has 1 aliphatic heterocycles. The first-order valence-corrected chi connectivity index (χ1v) is 5.44. The third kappa shape index (κ3) is 1.75. The van der Waals surface area contributed by atoms with Gasteiger partial charge < -0.3 is 4.90 Å². The van der Waals surface area contributed by atoms with E-state index in [-0.39, 0.29) is 5.24 Å². The Hall–Kier alpha value is -0.440. The van der Waals surface area contributed by atoms with Crippen molar-refractivity contribution in [1.82, 2.24) is 4.90 Å². The summed E-state index contributed by atoms with van der Waals surface area (Å²) in [5.74, 6) is 0.638. The minimum atomic E-state index is -0.0853. The Balaban J connectivity index is 2.19. The summed E-state index contributed by atoms with van der Waals surface area (Å²) < 4.78 is 0. The highest BCUT2D eigenvalue weighted by molar-refractivity contribution is 7.96. The van der Waals surface area contributed by atoms with Crippen molar-refractivity contribution in [2.75, 3.05) is 6.54 Å². The van der Waals surface area contributed by atoms with E-state index >= 15 is 0 Å². The van der Waals surface area contributed by atoms with Crippen molar-refractivity contribution in [1.29, 1.82) is 0 Å². The van der Waals surface area contributed by atoms with Gasteiger partial charge in [-0.2, -0.15) is 0 Å². The van der Waals surface area contributed by atoms with Crippen molar-refractivity contribution in [3.8, 4) is 0 Å². The molecule has 0 spiro atoms. The normalized spacial score (nSPS) is 27.9. The zero-order valence-electron chi connectivity index (χ0n) is 7.70. The first-order chi connectivity index (χ1) is 6.29. The van der Waals surface area contributed by atoms with Crippen LogP contribution >= 0.6 is 12.6 Å². The molecule has 0 aromatic rings. The molecule has 2 nitrogen and oxygen atoms in total. The van der Waals surface area contributed by atoms with E-state index in [2.05, 4.69) is 18.7 Å². The summed E-state index contributed by atoms with van der Waals surface area (Å²) in [6, 6.07) is 0. The topological polar surface area (TPSA) is 20.3 Å². The Labute approximate surface area is 84.4 Å². The van der Waals surface area contributed by atoms with Crippen molar-refractivity contribution in [3.63, 3.8) is 0 Å². The van der Waals surface area contributed by atoms with Crippen LogP contribution in [0.4, 0.5) is 4.79 Å². The fraction of sp³-hybridized carbons (Fsp3) is 0.700. The molecule has 1 unspecified atom stereocenters. The van der Waals surface area contributed by atoms with Gasteiger partial charge in [0.05, 0.1) is 0 Å². The number of fused-ring (bicyclic) bond motifs is 1. The number of carbonyl (C=O) groups is 1. The average molecular weight is 197 g/mol. The van der Waals surface area contributed by atoms with Crippen LogP contribution in [0.5, 0.6) is 0 Å². The van der Waals surface area contributed by atoms with Gasteiger partial charge >= 0.3 is 0 Å². The lowest BCUT2D eigenvalue weighted by molar-refractivity contribution is 0.211. The molecule has 13 heavy (non-hydrogen) atoms. The SMILES string of the molecule is O=C(S)N1CCCC2CCCC=C21. The Morgan fingerprint density at radius 1 is 1.46 bits per heavy atom. The Kier molecular flexibility index (Phi) is 2.63. The molecule has 0 bridgehead atoms. The maximum Gasteiger partial charge on any atom is 0.282 e. The lowest BCUT2D eigenvalue weighted by Gasteiger charge is -2.36. The van der Waals surface area contributed by atoms with Crippen LogP contribution in [0.1, 0.15) is 32.1 Å². The number of amides is 1. The largest absolute Gasteiger partial charge is 0.307 e. The minimum absolute atomic E-state index is 0.0853. The zero-order chi connectivity index (χ0) is 9.26. The molecule has 2 rings (SSSR count). The second kappa shape index (κ2) is 3.74. The molecule has 0 aromatic heterocycles. The number of hydrogen-bond donors (Lipinski definition) is 1. The van der Waals surface area contributed by atoms with Crippen LogP contribution in [0.3, 0.4) is 0 Å². The molecule has 0 radical (unpaired) electrons. The van der Waals surface area contributed by atoms with Crippen LogP contribution in [0.2, 0.25) is 0 Å². The van der Waals surface area contributed by atoms with Crippen molar-refractivity contribution in [2.45, 2.75) is 32.1 Å². The summed E-state index contributed by atoms with van der Waals surface area (Å²) in [5, 5.41) is -0.0853. The average Bonchev–Trinajstić information content (AvgIpc) is 2.17. The van der Waals surface area contributed by atoms with Gasteiger partial charge in [-0.05, 0) is 38.0 Å². The molecule has 1 atom stereocenters. The number of rotatable bonds is 0. The van der Waals surface area contributed by atoms with Gasteiger partial charge in [0.15, 0.2) is 0 Å². The van der Waals surface area contributed by atoms with Crippen LogP contribution in [-0.4, -0.2) is 16.7 Å². The molecule has 1 fully saturated rings. The van der Waals surface area contributed by atoms with Crippen molar-refractivity contribution in [2.24, 2.45) is 5.92 Å². The maximum absolute atomic E-state index is 11.2. The van der Waals surface area contributed by atoms with Gasteiger partial charge in [-0.1, -0.05) is 18.7 Å². The van der Waals surface area contributed by atoms with Crippen LogP contribution in [-0.2, 0) is 0 Å². The number of nitrogens with zero attached hydrogens (tertiary/aromatic N) is 1. The molecule has 1 heterocycles. The van der Waals surface area contributed by atoms with E-state index in [1.165, 1.54) is 25.0 Å². The van der Waals surface area contributed by atoms with E-state index in [1.807, 2.05) is 4.90 Å². The summed E-state index contributed by atoms with van der Waals surface area (Å²) in [7, 11) is 0. The molecule has 1 saturated heterocycles. The quantitative estimate of drug-likeness (QED) is 0.592. The fourth-order valence-electron chi connectivity index (χ4n) is 2.38. The molecule has 0 saturated carbocycles. The maximum atomic E-state index is 11.2. The lowest BCUT2D eigenvalue weighted by atomic mass is 9.85. The monoisotopic (exact) mass is 197 g/mol. The molecule has 0 N–H and O–H groups in total. The van der Waals surface area contributed by atoms with Gasteiger partial charge in [-0.15, -0.1) is 0 Å². The van der Waals surface area contributed by atoms with Gasteiger partial charge in [0.2, 0.25) is 0 Å². The number of carbonyl (C=O) groups excluding carboxylic acids is 1. The summed E-state index contributed by atoms with van der Waals surface area (Å²) in [6.45, 7) is 0.866. The van der Waals surface area contributed by atoms with Crippen molar-refractivity contribution in [3.05, 3.63) is 11.8 Å². The number of likely N-dealkylation sites (tertiary alicyclic amines) is 1. The van der Waals surface area contributed by atoms with E-state index in [9.17, 15) is 4.79 Å². The summed E-state index contributed by atoms with van der Waals surface area (Å²) in [6.07, 6.45) is 8.27. The zero-order valence-corrected chi connectivity index (χ0v) is 8.59. The van der Waals surface area contributed by atoms with E-state index in [0.29, 0.717) is 5.92 Å². The van der Waals surface area contributed by atoms with E-state index in [1.54, 1.807) is 0 Å². The molecule has 3 heteroatoms. The second-order valence-electron chi connectivity index (χ2n) is 3.83. The van der Waals surface area contributed by atoms with Gasteiger partial charge in [0, 0.05) is 12.2 Å². The van der Waals surface area contributed by atoms with Gasteiger partial charge in [-0.25, -0.2) is 0 Å². The summed E-state index contributed by atoms with van der Waals surface area (Å²) >= 11 is 3.90. The highest BCUT2D eigenvalue weighted by Crippen LogP contribution is 2.35. The van der Waals surface area contributed by atoms with Crippen LogP contribution in [0, 0.1) is 5.92 Å². The highest BCUT2D eigenvalue weighted by Gasteiger charge is 2.28. The first-order valence-electron chi connectivity index (χ1n) is 4.99. The number of allylic oxidation sites excluding steroid dienone is 2. The number of hydrogen-bond acceptors (Lipinski definition) is 1.